The van der Waals surface area contributed by atoms with Gasteiger partial charge in [0.15, 0.2) is 5.75 Å². The number of nitrogens with two attached hydrogens (primary N) is 1. The Morgan fingerprint density at radius 1 is 1.08 bits per heavy atom. The summed E-state index contributed by atoms with van der Waals surface area (Å²) in [6.45, 7) is 0. The van der Waals surface area contributed by atoms with Crippen molar-refractivity contribution in [2.24, 2.45) is 0 Å². The topological polar surface area (TPSA) is 46.2 Å². The highest BCUT2D eigenvalue weighted by atomic mass is 35.5. The zero-order valence-electron chi connectivity index (χ0n) is 5.75. The summed E-state index contributed by atoms with van der Waals surface area (Å²) in [5.41, 5.74) is 5.79. The molecule has 0 unspecified atom stereocenters. The quantitative estimate of drug-likeness (QED) is 0.549. The van der Waals surface area contributed by atoms with Gasteiger partial charge in [-0.1, -0.05) is 23.2 Å². The summed E-state index contributed by atoms with van der Waals surface area (Å²) in [5, 5.41) is 9.35. The maximum absolute atomic E-state index is 9.01. The van der Waals surface area contributed by atoms with Crippen LogP contribution in [0.3, 0.4) is 0 Å². The lowest BCUT2D eigenvalue weighted by Gasteiger charge is -1.99. The first kappa shape index (κ1) is 14.5. The zero-order valence-corrected chi connectivity index (χ0v) is 8.90. The van der Waals surface area contributed by atoms with Crippen LogP contribution >= 0.6 is 48.0 Å². The smallest absolute Gasteiger partial charge is 0.152 e. The average Bonchev–Trinajstić information content (AvgIpc) is 1.82. The highest BCUT2D eigenvalue weighted by Gasteiger charge is 2.03. The van der Waals surface area contributed by atoms with Crippen molar-refractivity contribution < 1.29 is 5.11 Å². The van der Waals surface area contributed by atoms with Crippen LogP contribution in [-0.2, 0) is 0 Å². The number of nitrogen functional groups attached to an aromatic ring is 1. The van der Waals surface area contributed by atoms with Gasteiger partial charge in [-0.05, 0) is 12.1 Å². The summed E-state index contributed by atoms with van der Waals surface area (Å²) in [6, 6.07) is 2.87. The van der Waals surface area contributed by atoms with E-state index in [9.17, 15) is 0 Å². The summed E-state index contributed by atoms with van der Waals surface area (Å²) in [7, 11) is 0. The van der Waals surface area contributed by atoms with E-state index in [-0.39, 0.29) is 40.6 Å². The van der Waals surface area contributed by atoms with Crippen LogP contribution in [0.2, 0.25) is 10.0 Å². The Labute approximate surface area is 92.5 Å². The molecule has 0 aliphatic carbocycles. The van der Waals surface area contributed by atoms with Crippen LogP contribution < -0.4 is 5.73 Å². The Bertz CT molecular complexity index is 243. The third-order valence-corrected chi connectivity index (χ3v) is 1.62. The van der Waals surface area contributed by atoms with E-state index in [1.807, 2.05) is 0 Å². The van der Waals surface area contributed by atoms with Gasteiger partial charge < -0.3 is 10.8 Å². The number of phenols is 1. The predicted molar refractivity (Wildman–Crippen MR) is 57.0 cm³/mol. The van der Waals surface area contributed by atoms with Crippen molar-refractivity contribution in [2.45, 2.75) is 0 Å². The molecule has 0 fully saturated rings. The van der Waals surface area contributed by atoms with Crippen LogP contribution in [0.4, 0.5) is 5.69 Å². The molecule has 3 N–H and O–H groups in total. The van der Waals surface area contributed by atoms with Gasteiger partial charge in [-0.15, -0.1) is 24.8 Å². The molecule has 0 spiro atoms. The van der Waals surface area contributed by atoms with Gasteiger partial charge in [0, 0.05) is 5.69 Å². The Morgan fingerprint density at radius 2 is 1.42 bits per heavy atom. The van der Waals surface area contributed by atoms with Crippen molar-refractivity contribution in [1.82, 2.24) is 0 Å². The van der Waals surface area contributed by atoms with Crippen LogP contribution in [0.25, 0.3) is 0 Å². The van der Waals surface area contributed by atoms with E-state index in [0.717, 1.165) is 0 Å². The number of hydrogen-bond acceptors (Lipinski definition) is 2. The first-order valence-electron chi connectivity index (χ1n) is 2.54. The van der Waals surface area contributed by atoms with Gasteiger partial charge in [0.2, 0.25) is 0 Å². The van der Waals surface area contributed by atoms with Crippen molar-refractivity contribution in [1.29, 1.82) is 0 Å². The Morgan fingerprint density at radius 3 is 1.75 bits per heavy atom. The highest BCUT2D eigenvalue weighted by Crippen LogP contribution is 2.33. The second-order valence-electron chi connectivity index (χ2n) is 1.83. The maximum Gasteiger partial charge on any atom is 0.152 e. The molecule has 0 radical (unpaired) electrons. The van der Waals surface area contributed by atoms with Crippen LogP contribution in [0.5, 0.6) is 5.75 Å². The molecule has 6 heteroatoms. The summed E-state index contributed by atoms with van der Waals surface area (Å²) >= 11 is 11.0. The molecular weight excluding hydrogens is 244 g/mol. The van der Waals surface area contributed by atoms with Crippen LogP contribution in [0.1, 0.15) is 0 Å². The second-order valence-corrected chi connectivity index (χ2v) is 2.65. The Balaban J connectivity index is 0. The number of phenolic OH excluding ortho intramolecular Hbond substituents is 1. The van der Waals surface area contributed by atoms with E-state index in [4.69, 9.17) is 34.0 Å². The van der Waals surface area contributed by atoms with Crippen LogP contribution in [0.15, 0.2) is 12.1 Å². The third kappa shape index (κ3) is 3.15. The van der Waals surface area contributed by atoms with Gasteiger partial charge >= 0.3 is 0 Å². The largest absolute Gasteiger partial charge is 0.505 e. The Kier molecular flexibility index (Phi) is 6.76. The number of benzene rings is 1. The monoisotopic (exact) mass is 249 g/mol. The molecule has 2 nitrogen and oxygen atoms in total. The van der Waals surface area contributed by atoms with Crippen molar-refractivity contribution in [3.05, 3.63) is 22.2 Å². The van der Waals surface area contributed by atoms with Crippen molar-refractivity contribution in [2.75, 3.05) is 5.73 Å². The van der Waals surface area contributed by atoms with Crippen molar-refractivity contribution in [3.63, 3.8) is 0 Å². The van der Waals surface area contributed by atoms with E-state index in [1.54, 1.807) is 0 Å². The lowest BCUT2D eigenvalue weighted by atomic mass is 10.3. The summed E-state index contributed by atoms with van der Waals surface area (Å²) in [4.78, 5) is 0. The maximum atomic E-state index is 9.01. The van der Waals surface area contributed by atoms with Gasteiger partial charge in [0.25, 0.3) is 0 Å². The number of hydrogen-bond donors (Lipinski definition) is 2. The van der Waals surface area contributed by atoms with E-state index in [1.165, 1.54) is 12.1 Å². The molecule has 0 bridgehead atoms. The van der Waals surface area contributed by atoms with Crippen molar-refractivity contribution in [3.8, 4) is 5.75 Å². The molecular formula is C6H7Cl4NO. The SMILES string of the molecule is Cl.Cl.Nc1cc(Cl)c(O)c(Cl)c1. The molecule has 12 heavy (non-hydrogen) atoms. The summed E-state index contributed by atoms with van der Waals surface area (Å²) in [6.07, 6.45) is 0. The first-order chi connectivity index (χ1) is 4.61. The van der Waals surface area contributed by atoms with Crippen molar-refractivity contribution >= 4 is 53.7 Å². The van der Waals surface area contributed by atoms with Gasteiger partial charge in [-0.2, -0.15) is 0 Å². The minimum Gasteiger partial charge on any atom is -0.505 e. The number of rotatable bonds is 0. The fourth-order valence-corrected chi connectivity index (χ4v) is 1.09. The molecule has 0 aromatic heterocycles. The fourth-order valence-electron chi connectivity index (χ4n) is 0.585. The highest BCUT2D eigenvalue weighted by molar-refractivity contribution is 6.37. The predicted octanol–water partition coefficient (Wildman–Crippen LogP) is 3.12. The number of halogens is 4. The number of aromatic hydroxyl groups is 1. The normalized spacial score (nSPS) is 8.17. The fraction of sp³-hybridized carbons (Fsp3) is 0. The van der Waals surface area contributed by atoms with Gasteiger partial charge in [0.1, 0.15) is 0 Å². The molecule has 1 aromatic rings. The van der Waals surface area contributed by atoms with E-state index >= 15 is 0 Å². The molecule has 0 atom stereocenters. The molecule has 0 saturated heterocycles. The molecule has 1 rings (SSSR count). The minimum atomic E-state index is -0.127. The van der Waals surface area contributed by atoms with Crippen LogP contribution in [0, 0.1) is 0 Å². The standard InChI is InChI=1S/C6H5Cl2NO.2ClH/c7-4-1-3(9)2-5(8)6(4)10;;/h1-2,10H,9H2;2*1H. The van der Waals surface area contributed by atoms with E-state index in [2.05, 4.69) is 0 Å². The molecule has 0 heterocycles. The summed E-state index contributed by atoms with van der Waals surface area (Å²) < 4.78 is 0. The lowest BCUT2D eigenvalue weighted by molar-refractivity contribution is 0.476. The molecule has 0 aliphatic rings. The molecule has 0 saturated carbocycles. The third-order valence-electron chi connectivity index (χ3n) is 1.04. The molecule has 1 aromatic carbocycles. The van der Waals surface area contributed by atoms with Gasteiger partial charge in [-0.3, -0.25) is 0 Å². The first-order valence-corrected chi connectivity index (χ1v) is 3.30. The molecule has 0 amide bonds. The molecule has 0 aliphatic heterocycles. The lowest BCUT2D eigenvalue weighted by Crippen LogP contribution is -1.83. The Hall–Kier alpha value is -0.0200. The van der Waals surface area contributed by atoms with Crippen LogP contribution in [-0.4, -0.2) is 5.11 Å². The van der Waals surface area contributed by atoms with E-state index < -0.39 is 0 Å². The van der Waals surface area contributed by atoms with E-state index in [0.29, 0.717) is 5.69 Å². The number of anilines is 1. The molecule has 70 valence electrons. The summed E-state index contributed by atoms with van der Waals surface area (Å²) in [5.74, 6) is -0.127. The minimum absolute atomic E-state index is 0. The average molecular weight is 251 g/mol. The zero-order chi connectivity index (χ0) is 7.72. The second kappa shape index (κ2) is 5.60. The van der Waals surface area contributed by atoms with Gasteiger partial charge in [0.05, 0.1) is 10.0 Å². The van der Waals surface area contributed by atoms with Gasteiger partial charge in [-0.25, -0.2) is 0 Å².